The first-order chi connectivity index (χ1) is 10.3. The van der Waals surface area contributed by atoms with Crippen molar-refractivity contribution in [2.75, 3.05) is 26.2 Å². The number of hydrogen-bond acceptors (Lipinski definition) is 1. The van der Waals surface area contributed by atoms with Crippen LogP contribution in [0.3, 0.4) is 0 Å². The van der Waals surface area contributed by atoms with Gasteiger partial charge in [0.2, 0.25) is 0 Å². The third-order valence-corrected chi connectivity index (χ3v) is 4.73. The largest absolute Gasteiger partial charge is 0.322 e. The molecule has 2 aromatic rings. The SMILES string of the molecule is C[C@H](C#N)[NH+]1CC[NH+](Cc2cccc3ccccc23)CC1. The van der Waals surface area contributed by atoms with Gasteiger partial charge in [-0.1, -0.05) is 42.5 Å². The van der Waals surface area contributed by atoms with Crippen LogP contribution in [0.15, 0.2) is 42.5 Å². The summed E-state index contributed by atoms with van der Waals surface area (Å²) >= 11 is 0. The van der Waals surface area contributed by atoms with Crippen LogP contribution in [0.25, 0.3) is 10.8 Å². The zero-order chi connectivity index (χ0) is 14.7. The average Bonchev–Trinajstić information content (AvgIpc) is 2.55. The van der Waals surface area contributed by atoms with Crippen molar-refractivity contribution >= 4 is 10.8 Å². The fraction of sp³-hybridized carbons (Fsp3) is 0.389. The maximum atomic E-state index is 9.03. The summed E-state index contributed by atoms with van der Waals surface area (Å²) in [6.45, 7) is 7.65. The highest BCUT2D eigenvalue weighted by molar-refractivity contribution is 5.85. The summed E-state index contributed by atoms with van der Waals surface area (Å²) in [5.41, 5.74) is 1.44. The molecule has 3 heteroatoms. The minimum absolute atomic E-state index is 0.129. The Morgan fingerprint density at radius 3 is 2.52 bits per heavy atom. The molecule has 0 aliphatic carbocycles. The summed E-state index contributed by atoms with van der Waals surface area (Å²) in [6.07, 6.45) is 0. The molecule has 0 amide bonds. The molecule has 1 atom stereocenters. The predicted octanol–water partition coefficient (Wildman–Crippen LogP) is 0.0353. The van der Waals surface area contributed by atoms with Gasteiger partial charge in [-0.25, -0.2) is 0 Å². The number of rotatable bonds is 3. The highest BCUT2D eigenvalue weighted by atomic mass is 15.3. The predicted molar refractivity (Wildman–Crippen MR) is 84.1 cm³/mol. The number of fused-ring (bicyclic) bond motifs is 1. The van der Waals surface area contributed by atoms with E-state index in [9.17, 15) is 0 Å². The van der Waals surface area contributed by atoms with E-state index in [0.29, 0.717) is 0 Å². The van der Waals surface area contributed by atoms with Gasteiger partial charge in [0.15, 0.2) is 6.04 Å². The van der Waals surface area contributed by atoms with Crippen LogP contribution in [0.2, 0.25) is 0 Å². The molecule has 3 nitrogen and oxygen atoms in total. The maximum Gasteiger partial charge on any atom is 0.172 e. The maximum absolute atomic E-state index is 9.03. The monoisotopic (exact) mass is 281 g/mol. The fourth-order valence-electron chi connectivity index (χ4n) is 3.34. The van der Waals surface area contributed by atoms with Crippen molar-refractivity contribution in [3.8, 4) is 6.07 Å². The van der Waals surface area contributed by atoms with Crippen LogP contribution >= 0.6 is 0 Å². The van der Waals surface area contributed by atoms with Gasteiger partial charge in [0.1, 0.15) is 38.8 Å². The molecule has 1 heterocycles. The number of piperazine rings is 1. The van der Waals surface area contributed by atoms with E-state index >= 15 is 0 Å². The van der Waals surface area contributed by atoms with E-state index in [2.05, 4.69) is 48.5 Å². The molecule has 0 unspecified atom stereocenters. The van der Waals surface area contributed by atoms with Crippen molar-refractivity contribution in [2.24, 2.45) is 0 Å². The number of benzene rings is 2. The van der Waals surface area contributed by atoms with Crippen LogP contribution in [-0.4, -0.2) is 32.2 Å². The average molecular weight is 281 g/mol. The summed E-state index contributed by atoms with van der Waals surface area (Å²) < 4.78 is 0. The Labute approximate surface area is 126 Å². The van der Waals surface area contributed by atoms with Crippen LogP contribution in [0.1, 0.15) is 12.5 Å². The Balaban J connectivity index is 1.69. The third kappa shape index (κ3) is 3.07. The van der Waals surface area contributed by atoms with Crippen molar-refractivity contribution in [3.05, 3.63) is 48.0 Å². The van der Waals surface area contributed by atoms with E-state index in [1.54, 1.807) is 4.90 Å². The Bertz CT molecular complexity index is 646. The summed E-state index contributed by atoms with van der Waals surface area (Å²) in [4.78, 5) is 3.08. The number of nitriles is 1. The molecule has 21 heavy (non-hydrogen) atoms. The molecule has 1 aliphatic heterocycles. The van der Waals surface area contributed by atoms with Gasteiger partial charge in [0, 0.05) is 12.5 Å². The molecule has 1 fully saturated rings. The smallest absolute Gasteiger partial charge is 0.172 e. The van der Waals surface area contributed by atoms with Crippen molar-refractivity contribution in [3.63, 3.8) is 0 Å². The second kappa shape index (κ2) is 6.26. The minimum Gasteiger partial charge on any atom is -0.322 e. The number of nitrogens with one attached hydrogen (secondary N) is 2. The summed E-state index contributed by atoms with van der Waals surface area (Å²) in [6, 6.07) is 17.7. The third-order valence-electron chi connectivity index (χ3n) is 4.73. The van der Waals surface area contributed by atoms with E-state index in [0.717, 1.165) is 32.7 Å². The minimum atomic E-state index is 0.129. The highest BCUT2D eigenvalue weighted by Crippen LogP contribution is 2.17. The van der Waals surface area contributed by atoms with Crippen LogP contribution in [0, 0.1) is 11.3 Å². The Kier molecular flexibility index (Phi) is 4.19. The molecule has 0 aromatic heterocycles. The highest BCUT2D eigenvalue weighted by Gasteiger charge is 2.26. The first-order valence-corrected chi connectivity index (χ1v) is 7.82. The van der Waals surface area contributed by atoms with Gasteiger partial charge >= 0.3 is 0 Å². The van der Waals surface area contributed by atoms with Crippen molar-refractivity contribution in [1.29, 1.82) is 5.26 Å². The Morgan fingerprint density at radius 1 is 1.05 bits per heavy atom. The first kappa shape index (κ1) is 14.1. The lowest BCUT2D eigenvalue weighted by molar-refractivity contribution is -1.02. The second-order valence-corrected chi connectivity index (χ2v) is 6.07. The topological polar surface area (TPSA) is 32.7 Å². The quantitative estimate of drug-likeness (QED) is 0.818. The molecular weight excluding hydrogens is 258 g/mol. The van der Waals surface area contributed by atoms with Gasteiger partial charge in [0.05, 0.1) is 0 Å². The summed E-state index contributed by atoms with van der Waals surface area (Å²) in [7, 11) is 0. The molecule has 0 bridgehead atoms. The zero-order valence-corrected chi connectivity index (χ0v) is 12.6. The molecule has 0 spiro atoms. The fourth-order valence-corrected chi connectivity index (χ4v) is 3.34. The number of nitrogens with zero attached hydrogens (tertiary/aromatic N) is 1. The lowest BCUT2D eigenvalue weighted by Gasteiger charge is -2.31. The Morgan fingerprint density at radius 2 is 1.76 bits per heavy atom. The summed E-state index contributed by atoms with van der Waals surface area (Å²) in [5, 5.41) is 11.7. The summed E-state index contributed by atoms with van der Waals surface area (Å²) in [5.74, 6) is 0. The molecule has 0 saturated carbocycles. The van der Waals surface area contributed by atoms with Crippen LogP contribution in [-0.2, 0) is 6.54 Å². The normalized spacial score (nSPS) is 23.6. The lowest BCUT2D eigenvalue weighted by atomic mass is 10.0. The standard InChI is InChI=1S/C18H21N3/c1-15(13-19)21-11-9-20(10-12-21)14-17-7-4-6-16-5-2-3-8-18(16)17/h2-8,15H,9-12,14H2,1H3/p+2/t15-/m1/s1. The number of hydrogen-bond donors (Lipinski definition) is 2. The van der Waals surface area contributed by atoms with E-state index < -0.39 is 0 Å². The number of quaternary nitrogens is 2. The van der Waals surface area contributed by atoms with Crippen LogP contribution in [0.4, 0.5) is 0 Å². The molecule has 2 aromatic carbocycles. The first-order valence-electron chi connectivity index (χ1n) is 7.82. The molecule has 1 saturated heterocycles. The van der Waals surface area contributed by atoms with Gasteiger partial charge in [-0.3, -0.25) is 0 Å². The Hall–Kier alpha value is -1.89. The van der Waals surface area contributed by atoms with E-state index in [1.165, 1.54) is 21.2 Å². The van der Waals surface area contributed by atoms with E-state index in [1.807, 2.05) is 6.92 Å². The van der Waals surface area contributed by atoms with Gasteiger partial charge < -0.3 is 9.80 Å². The van der Waals surface area contributed by atoms with Crippen molar-refractivity contribution < 1.29 is 9.80 Å². The van der Waals surface area contributed by atoms with Crippen LogP contribution < -0.4 is 9.80 Å². The van der Waals surface area contributed by atoms with Gasteiger partial charge in [-0.05, 0) is 10.8 Å². The van der Waals surface area contributed by atoms with E-state index in [4.69, 9.17) is 5.26 Å². The molecule has 1 aliphatic rings. The second-order valence-electron chi connectivity index (χ2n) is 6.07. The van der Waals surface area contributed by atoms with Gasteiger partial charge in [-0.2, -0.15) is 5.26 Å². The molecular formula is C18H23N3+2. The van der Waals surface area contributed by atoms with Crippen LogP contribution in [0.5, 0.6) is 0 Å². The van der Waals surface area contributed by atoms with Crippen molar-refractivity contribution in [1.82, 2.24) is 0 Å². The zero-order valence-electron chi connectivity index (χ0n) is 12.6. The van der Waals surface area contributed by atoms with E-state index in [-0.39, 0.29) is 6.04 Å². The van der Waals surface area contributed by atoms with Gasteiger partial charge in [0.25, 0.3) is 0 Å². The van der Waals surface area contributed by atoms with Crippen molar-refractivity contribution in [2.45, 2.75) is 19.5 Å². The molecule has 3 rings (SSSR count). The molecule has 0 radical (unpaired) electrons. The molecule has 2 N–H and O–H groups in total. The lowest BCUT2D eigenvalue weighted by Crippen LogP contribution is -3.29. The molecule has 108 valence electrons. The van der Waals surface area contributed by atoms with Gasteiger partial charge in [-0.15, -0.1) is 0 Å².